The third-order valence-electron chi connectivity index (χ3n) is 4.60. The average Bonchev–Trinajstić information content (AvgIpc) is 2.93. The van der Waals surface area contributed by atoms with Crippen LogP contribution in [-0.4, -0.2) is 46.7 Å². The fraction of sp³-hybridized carbons (Fsp3) is 0.250. The molecule has 5 amide bonds. The van der Waals surface area contributed by atoms with Crippen LogP contribution in [0.15, 0.2) is 48.7 Å². The first-order valence-corrected chi connectivity index (χ1v) is 9.17. The van der Waals surface area contributed by atoms with Gasteiger partial charge in [-0.1, -0.05) is 18.2 Å². The maximum atomic E-state index is 13.2. The number of nitrogens with one attached hydrogen (secondary N) is 3. The summed E-state index contributed by atoms with van der Waals surface area (Å²) in [4.78, 5) is 53.7. The van der Waals surface area contributed by atoms with Gasteiger partial charge >= 0.3 is 6.03 Å². The number of carbonyl (C=O) groups is 4. The molecule has 0 spiro atoms. The van der Waals surface area contributed by atoms with E-state index in [2.05, 4.69) is 20.9 Å². The van der Waals surface area contributed by atoms with Crippen LogP contribution in [0.25, 0.3) is 0 Å². The highest BCUT2D eigenvalue weighted by Crippen LogP contribution is 2.28. The second-order valence-electron chi connectivity index (χ2n) is 6.82. The number of halogens is 1. The minimum Gasteiger partial charge on any atom is -0.354 e. The molecule has 30 heavy (non-hydrogen) atoms. The average molecular weight is 413 g/mol. The number of anilines is 1. The van der Waals surface area contributed by atoms with E-state index in [-0.39, 0.29) is 18.9 Å². The number of benzene rings is 1. The standard InChI is InChI=1S/C20H20FN5O4/c1-20(13-5-7-14(21)8-6-13)18(29)26(19(30)25-20)12-17(28)23-11-9-16(27)24-15-4-2-3-10-22-15/h2-8,10H,9,11-12H2,1H3,(H,23,28)(H,25,30)(H,22,24,27)/t20-/m1/s1. The Bertz CT molecular complexity index is 967. The van der Waals surface area contributed by atoms with Gasteiger partial charge in [-0.05, 0) is 36.8 Å². The molecule has 0 bridgehead atoms. The van der Waals surface area contributed by atoms with E-state index >= 15 is 0 Å². The van der Waals surface area contributed by atoms with Gasteiger partial charge in [0.1, 0.15) is 23.7 Å². The number of urea groups is 1. The number of nitrogens with zero attached hydrogens (tertiary/aromatic N) is 2. The molecule has 0 unspecified atom stereocenters. The zero-order chi connectivity index (χ0) is 21.7. The number of hydrogen-bond acceptors (Lipinski definition) is 5. The van der Waals surface area contributed by atoms with Crippen molar-refractivity contribution < 1.29 is 23.6 Å². The monoisotopic (exact) mass is 413 g/mol. The van der Waals surface area contributed by atoms with Crippen LogP contribution in [0.2, 0.25) is 0 Å². The van der Waals surface area contributed by atoms with Gasteiger partial charge in [-0.15, -0.1) is 0 Å². The van der Waals surface area contributed by atoms with Crippen molar-refractivity contribution in [3.63, 3.8) is 0 Å². The van der Waals surface area contributed by atoms with Crippen LogP contribution < -0.4 is 16.0 Å². The second-order valence-corrected chi connectivity index (χ2v) is 6.82. The molecule has 156 valence electrons. The molecule has 0 aliphatic carbocycles. The molecule has 3 N–H and O–H groups in total. The summed E-state index contributed by atoms with van der Waals surface area (Å²) < 4.78 is 13.2. The van der Waals surface area contributed by atoms with E-state index in [9.17, 15) is 23.6 Å². The van der Waals surface area contributed by atoms with Gasteiger partial charge in [-0.2, -0.15) is 0 Å². The lowest BCUT2D eigenvalue weighted by molar-refractivity contribution is -0.134. The van der Waals surface area contributed by atoms with Gasteiger partial charge in [0.25, 0.3) is 5.91 Å². The number of amides is 5. The van der Waals surface area contributed by atoms with Gasteiger partial charge in [0.05, 0.1) is 0 Å². The van der Waals surface area contributed by atoms with E-state index in [1.165, 1.54) is 37.4 Å². The molecule has 1 atom stereocenters. The fourth-order valence-corrected chi connectivity index (χ4v) is 2.98. The Morgan fingerprint density at radius 3 is 2.53 bits per heavy atom. The van der Waals surface area contributed by atoms with Crippen molar-refractivity contribution in [2.45, 2.75) is 18.9 Å². The van der Waals surface area contributed by atoms with Crippen molar-refractivity contribution in [3.8, 4) is 0 Å². The molecule has 3 rings (SSSR count). The van der Waals surface area contributed by atoms with E-state index in [0.29, 0.717) is 11.4 Å². The first-order chi connectivity index (χ1) is 14.3. The van der Waals surface area contributed by atoms with Crippen molar-refractivity contribution in [2.75, 3.05) is 18.4 Å². The largest absolute Gasteiger partial charge is 0.354 e. The number of aromatic nitrogens is 1. The van der Waals surface area contributed by atoms with Gasteiger partial charge in [-0.25, -0.2) is 14.2 Å². The Balaban J connectivity index is 1.51. The van der Waals surface area contributed by atoms with Crippen molar-refractivity contribution >= 4 is 29.6 Å². The molecule has 1 aliphatic heterocycles. The van der Waals surface area contributed by atoms with Gasteiger partial charge in [0, 0.05) is 19.2 Å². The van der Waals surface area contributed by atoms with Crippen molar-refractivity contribution in [1.82, 2.24) is 20.5 Å². The third kappa shape index (κ3) is 4.59. The van der Waals surface area contributed by atoms with E-state index in [1.54, 1.807) is 18.2 Å². The van der Waals surface area contributed by atoms with Crippen LogP contribution in [0.5, 0.6) is 0 Å². The molecule has 1 aromatic heterocycles. The molecular formula is C20H20FN5O4. The Morgan fingerprint density at radius 2 is 1.87 bits per heavy atom. The summed E-state index contributed by atoms with van der Waals surface area (Å²) in [6, 6.07) is 9.52. The summed E-state index contributed by atoms with van der Waals surface area (Å²) in [5, 5.41) is 7.61. The number of pyridine rings is 1. The Kier molecular flexibility index (Phi) is 6.05. The summed E-state index contributed by atoms with van der Waals surface area (Å²) in [6.45, 7) is 1.01. The molecule has 1 aliphatic rings. The predicted octanol–water partition coefficient (Wildman–Crippen LogP) is 1.13. The molecule has 1 saturated heterocycles. The maximum Gasteiger partial charge on any atom is 0.325 e. The lowest BCUT2D eigenvalue weighted by Gasteiger charge is -2.22. The molecule has 2 heterocycles. The lowest BCUT2D eigenvalue weighted by atomic mass is 9.92. The highest BCUT2D eigenvalue weighted by molar-refractivity contribution is 6.09. The number of rotatable bonds is 7. The maximum absolute atomic E-state index is 13.2. The normalized spacial score (nSPS) is 18.1. The van der Waals surface area contributed by atoms with E-state index in [0.717, 1.165) is 4.90 Å². The molecular weight excluding hydrogens is 393 g/mol. The minimum absolute atomic E-state index is 0.00421. The summed E-state index contributed by atoms with van der Waals surface area (Å²) >= 11 is 0. The zero-order valence-corrected chi connectivity index (χ0v) is 16.1. The number of hydrogen-bond donors (Lipinski definition) is 3. The molecule has 1 fully saturated rings. The van der Waals surface area contributed by atoms with Gasteiger partial charge in [-0.3, -0.25) is 19.3 Å². The lowest BCUT2D eigenvalue weighted by Crippen LogP contribution is -2.43. The van der Waals surface area contributed by atoms with Crippen molar-refractivity contribution in [3.05, 3.63) is 60.0 Å². The van der Waals surface area contributed by atoms with E-state index in [4.69, 9.17) is 0 Å². The topological polar surface area (TPSA) is 120 Å². The van der Waals surface area contributed by atoms with E-state index in [1.807, 2.05) is 0 Å². The summed E-state index contributed by atoms with van der Waals surface area (Å²) in [5.41, 5.74) is -0.996. The Morgan fingerprint density at radius 1 is 1.13 bits per heavy atom. The van der Waals surface area contributed by atoms with Gasteiger partial charge in [0.15, 0.2) is 0 Å². The van der Waals surface area contributed by atoms with Gasteiger partial charge < -0.3 is 16.0 Å². The molecule has 10 heteroatoms. The van der Waals surface area contributed by atoms with E-state index < -0.39 is 35.7 Å². The molecule has 1 aromatic carbocycles. The van der Waals surface area contributed by atoms with Crippen LogP contribution in [-0.2, 0) is 19.9 Å². The fourth-order valence-electron chi connectivity index (χ4n) is 2.98. The molecule has 0 radical (unpaired) electrons. The van der Waals surface area contributed by atoms with Crippen LogP contribution >= 0.6 is 0 Å². The molecule has 9 nitrogen and oxygen atoms in total. The zero-order valence-electron chi connectivity index (χ0n) is 16.1. The van der Waals surface area contributed by atoms with Gasteiger partial charge in [0.2, 0.25) is 11.8 Å². The summed E-state index contributed by atoms with van der Waals surface area (Å²) in [5.74, 6) is -1.63. The molecule has 0 saturated carbocycles. The number of imide groups is 1. The summed E-state index contributed by atoms with van der Waals surface area (Å²) in [6.07, 6.45) is 1.53. The summed E-state index contributed by atoms with van der Waals surface area (Å²) in [7, 11) is 0. The SMILES string of the molecule is C[C@]1(c2ccc(F)cc2)NC(=O)N(CC(=O)NCCC(=O)Nc2ccccn2)C1=O. The first-order valence-electron chi connectivity index (χ1n) is 9.17. The number of carbonyl (C=O) groups excluding carboxylic acids is 4. The van der Waals surface area contributed by atoms with Crippen molar-refractivity contribution in [1.29, 1.82) is 0 Å². The highest BCUT2D eigenvalue weighted by atomic mass is 19.1. The Hall–Kier alpha value is -3.82. The second kappa shape index (κ2) is 8.68. The highest BCUT2D eigenvalue weighted by Gasteiger charge is 2.49. The quantitative estimate of drug-likeness (QED) is 0.588. The predicted molar refractivity (Wildman–Crippen MR) is 104 cm³/mol. The van der Waals surface area contributed by atoms with Crippen LogP contribution in [0.1, 0.15) is 18.9 Å². The smallest absolute Gasteiger partial charge is 0.325 e. The van der Waals surface area contributed by atoms with Crippen LogP contribution in [0, 0.1) is 5.82 Å². The van der Waals surface area contributed by atoms with Crippen LogP contribution in [0.4, 0.5) is 15.0 Å². The third-order valence-corrected chi connectivity index (χ3v) is 4.60. The minimum atomic E-state index is -1.40. The Labute approximate surface area is 171 Å². The van der Waals surface area contributed by atoms with Crippen LogP contribution in [0.3, 0.4) is 0 Å². The van der Waals surface area contributed by atoms with Crippen molar-refractivity contribution in [2.24, 2.45) is 0 Å². The first kappa shape index (κ1) is 20.9. The molecule has 2 aromatic rings.